The van der Waals surface area contributed by atoms with E-state index in [4.69, 9.17) is 4.74 Å². The van der Waals surface area contributed by atoms with Crippen LogP contribution in [0.3, 0.4) is 0 Å². The van der Waals surface area contributed by atoms with Crippen molar-refractivity contribution in [3.8, 4) is 0 Å². The van der Waals surface area contributed by atoms with E-state index >= 15 is 0 Å². The summed E-state index contributed by atoms with van der Waals surface area (Å²) in [6, 6.07) is 5.94. The van der Waals surface area contributed by atoms with Crippen LogP contribution < -0.4 is 5.56 Å². The van der Waals surface area contributed by atoms with Gasteiger partial charge in [0.2, 0.25) is 0 Å². The van der Waals surface area contributed by atoms with Crippen LogP contribution in [0.2, 0.25) is 0 Å². The van der Waals surface area contributed by atoms with Crippen LogP contribution in [0.15, 0.2) is 35.3 Å². The Kier molecular flexibility index (Phi) is 3.08. The zero-order valence-corrected chi connectivity index (χ0v) is 10.7. The summed E-state index contributed by atoms with van der Waals surface area (Å²) in [5.41, 5.74) is -0.592. The second-order valence-electron chi connectivity index (χ2n) is 4.95. The fourth-order valence-electron chi connectivity index (χ4n) is 2.52. The fraction of sp³-hybridized carbons (Fsp3) is 0.357. The molecular formula is C14H14FNO4. The molecule has 4 atom stereocenters. The van der Waals surface area contributed by atoms with Crippen molar-refractivity contribution in [3.05, 3.63) is 46.6 Å². The summed E-state index contributed by atoms with van der Waals surface area (Å²) < 4.78 is 20.3. The number of ether oxygens (including phenoxy) is 1. The van der Waals surface area contributed by atoms with Crippen molar-refractivity contribution in [2.24, 2.45) is 0 Å². The predicted octanol–water partition coefficient (Wildman–Crippen LogP) is 0.780. The Morgan fingerprint density at radius 2 is 2.00 bits per heavy atom. The average Bonchev–Trinajstić information content (AvgIpc) is 2.67. The van der Waals surface area contributed by atoms with E-state index < -0.39 is 35.9 Å². The highest BCUT2D eigenvalue weighted by Gasteiger charge is 2.41. The maximum Gasteiger partial charge on any atom is 0.263 e. The van der Waals surface area contributed by atoms with Crippen molar-refractivity contribution in [2.45, 2.75) is 31.5 Å². The minimum atomic E-state index is -1.23. The van der Waals surface area contributed by atoms with E-state index in [1.165, 1.54) is 18.3 Å². The van der Waals surface area contributed by atoms with E-state index in [0.29, 0.717) is 5.39 Å². The normalized spacial score (nSPS) is 30.0. The van der Waals surface area contributed by atoms with Gasteiger partial charge in [0.15, 0.2) is 6.23 Å². The van der Waals surface area contributed by atoms with Gasteiger partial charge in [0.1, 0.15) is 18.0 Å². The first-order valence-electron chi connectivity index (χ1n) is 6.31. The van der Waals surface area contributed by atoms with E-state index in [1.54, 1.807) is 19.1 Å². The van der Waals surface area contributed by atoms with Gasteiger partial charge in [-0.1, -0.05) is 12.1 Å². The van der Waals surface area contributed by atoms with Gasteiger partial charge < -0.3 is 14.9 Å². The van der Waals surface area contributed by atoms with Gasteiger partial charge in [0.25, 0.3) is 5.56 Å². The van der Waals surface area contributed by atoms with Crippen molar-refractivity contribution in [1.82, 2.24) is 4.57 Å². The Morgan fingerprint density at radius 3 is 2.65 bits per heavy atom. The van der Waals surface area contributed by atoms with E-state index in [0.717, 1.165) is 4.57 Å². The Labute approximate surface area is 113 Å². The number of halogens is 1. The molecule has 1 fully saturated rings. The van der Waals surface area contributed by atoms with E-state index in [1.807, 2.05) is 0 Å². The molecule has 2 aromatic rings. The Balaban J connectivity index is 2.17. The van der Waals surface area contributed by atoms with Gasteiger partial charge >= 0.3 is 0 Å². The molecule has 2 heterocycles. The molecule has 20 heavy (non-hydrogen) atoms. The van der Waals surface area contributed by atoms with Crippen LogP contribution in [-0.2, 0) is 4.74 Å². The summed E-state index contributed by atoms with van der Waals surface area (Å²) in [7, 11) is 0. The smallest absolute Gasteiger partial charge is 0.263 e. The highest BCUT2D eigenvalue weighted by molar-refractivity contribution is 5.81. The second kappa shape index (κ2) is 4.66. The number of benzene rings is 1. The van der Waals surface area contributed by atoms with Gasteiger partial charge in [0.05, 0.1) is 11.5 Å². The predicted molar refractivity (Wildman–Crippen MR) is 69.8 cm³/mol. The standard InChI is InChI=1S/C14H14FNO4/c1-7-11(17)12(18)14(20-7)16-6-5-8-3-2-4-9(15)10(8)13(16)19/h2-7,11-12,14,17-18H,1H3. The van der Waals surface area contributed by atoms with Crippen LogP contribution in [0.4, 0.5) is 4.39 Å². The molecule has 106 valence electrons. The quantitative estimate of drug-likeness (QED) is 0.809. The number of aliphatic hydroxyl groups excluding tert-OH is 2. The van der Waals surface area contributed by atoms with Crippen molar-refractivity contribution < 1.29 is 19.3 Å². The van der Waals surface area contributed by atoms with Gasteiger partial charge in [-0.2, -0.15) is 0 Å². The summed E-state index contributed by atoms with van der Waals surface area (Å²) >= 11 is 0. The molecule has 0 amide bonds. The number of pyridine rings is 1. The van der Waals surface area contributed by atoms with Crippen molar-refractivity contribution in [3.63, 3.8) is 0 Å². The highest BCUT2D eigenvalue weighted by Crippen LogP contribution is 2.28. The van der Waals surface area contributed by atoms with E-state index in [2.05, 4.69) is 0 Å². The number of hydrogen-bond donors (Lipinski definition) is 2. The summed E-state index contributed by atoms with van der Waals surface area (Å²) in [4.78, 5) is 12.3. The number of aromatic nitrogens is 1. The minimum absolute atomic E-state index is 0.0557. The van der Waals surface area contributed by atoms with E-state index in [9.17, 15) is 19.4 Å². The van der Waals surface area contributed by atoms with Crippen LogP contribution in [0, 0.1) is 5.82 Å². The third kappa shape index (κ3) is 1.84. The Morgan fingerprint density at radius 1 is 1.25 bits per heavy atom. The molecule has 0 spiro atoms. The molecule has 0 aliphatic carbocycles. The molecule has 1 aromatic carbocycles. The molecule has 3 rings (SSSR count). The highest BCUT2D eigenvalue weighted by atomic mass is 19.1. The lowest BCUT2D eigenvalue weighted by molar-refractivity contribution is -0.0339. The first-order chi connectivity index (χ1) is 9.50. The third-order valence-electron chi connectivity index (χ3n) is 3.66. The van der Waals surface area contributed by atoms with Crippen molar-refractivity contribution in [2.75, 3.05) is 0 Å². The number of hydrogen-bond acceptors (Lipinski definition) is 4. The van der Waals surface area contributed by atoms with Gasteiger partial charge in [0, 0.05) is 6.20 Å². The van der Waals surface area contributed by atoms with Gasteiger partial charge in [-0.05, 0) is 24.4 Å². The molecule has 2 N–H and O–H groups in total. The maximum absolute atomic E-state index is 13.8. The second-order valence-corrected chi connectivity index (χ2v) is 4.95. The zero-order chi connectivity index (χ0) is 14.4. The molecular weight excluding hydrogens is 265 g/mol. The largest absolute Gasteiger partial charge is 0.388 e. The molecule has 6 heteroatoms. The average molecular weight is 279 g/mol. The van der Waals surface area contributed by atoms with Crippen molar-refractivity contribution >= 4 is 10.8 Å². The van der Waals surface area contributed by atoms with Gasteiger partial charge in [-0.15, -0.1) is 0 Å². The Bertz CT molecular complexity index is 714. The third-order valence-corrected chi connectivity index (χ3v) is 3.66. The summed E-state index contributed by atoms with van der Waals surface area (Å²) in [6.45, 7) is 1.60. The molecule has 1 saturated heterocycles. The number of aliphatic hydroxyl groups is 2. The first kappa shape index (κ1) is 13.2. The topological polar surface area (TPSA) is 71.7 Å². The van der Waals surface area contributed by atoms with Crippen LogP contribution in [0.5, 0.6) is 0 Å². The summed E-state index contributed by atoms with van der Waals surface area (Å²) in [6.07, 6.45) is -2.49. The minimum Gasteiger partial charge on any atom is -0.388 e. The molecule has 1 aromatic heterocycles. The SMILES string of the molecule is CC1OC(n2ccc3cccc(F)c3c2=O)C(O)C1O. The number of rotatable bonds is 1. The monoisotopic (exact) mass is 279 g/mol. The molecule has 1 aliphatic heterocycles. The fourth-order valence-corrected chi connectivity index (χ4v) is 2.52. The lowest BCUT2D eigenvalue weighted by Crippen LogP contribution is -2.34. The van der Waals surface area contributed by atoms with Gasteiger partial charge in [-0.25, -0.2) is 4.39 Å². The Hall–Kier alpha value is -1.76. The molecule has 5 nitrogen and oxygen atoms in total. The first-order valence-corrected chi connectivity index (χ1v) is 6.31. The molecule has 0 saturated carbocycles. The number of nitrogens with zero attached hydrogens (tertiary/aromatic N) is 1. The summed E-state index contributed by atoms with van der Waals surface area (Å²) in [5, 5.41) is 20.0. The zero-order valence-electron chi connectivity index (χ0n) is 10.7. The molecule has 1 aliphatic rings. The lowest BCUT2D eigenvalue weighted by Gasteiger charge is -2.18. The van der Waals surface area contributed by atoms with Crippen LogP contribution >= 0.6 is 0 Å². The lowest BCUT2D eigenvalue weighted by atomic mass is 10.1. The maximum atomic E-state index is 13.8. The van der Waals surface area contributed by atoms with Crippen LogP contribution in [0.25, 0.3) is 10.8 Å². The van der Waals surface area contributed by atoms with Gasteiger partial charge in [-0.3, -0.25) is 9.36 Å². The molecule has 0 radical (unpaired) electrons. The van der Waals surface area contributed by atoms with Crippen molar-refractivity contribution in [1.29, 1.82) is 0 Å². The molecule has 4 unspecified atom stereocenters. The summed E-state index contributed by atoms with van der Waals surface area (Å²) in [5.74, 6) is -0.622. The molecule has 0 bridgehead atoms. The van der Waals surface area contributed by atoms with Crippen LogP contribution in [0.1, 0.15) is 13.2 Å². The van der Waals surface area contributed by atoms with Crippen LogP contribution in [-0.4, -0.2) is 33.1 Å². The van der Waals surface area contributed by atoms with E-state index in [-0.39, 0.29) is 5.39 Å². The number of fused-ring (bicyclic) bond motifs is 1.